The van der Waals surface area contributed by atoms with Crippen LogP contribution in [0.1, 0.15) is 12.0 Å². The molecule has 0 saturated carbocycles. The predicted octanol–water partition coefficient (Wildman–Crippen LogP) is 1.41. The zero-order valence-electron chi connectivity index (χ0n) is 9.86. The maximum absolute atomic E-state index is 6.08. The van der Waals surface area contributed by atoms with Gasteiger partial charge in [-0.05, 0) is 24.5 Å². The van der Waals surface area contributed by atoms with Gasteiger partial charge in [0.05, 0.1) is 0 Å². The van der Waals surface area contributed by atoms with Crippen molar-refractivity contribution in [2.24, 2.45) is 5.73 Å². The fourth-order valence-corrected chi connectivity index (χ4v) is 2.24. The summed E-state index contributed by atoms with van der Waals surface area (Å²) in [7, 11) is 1.72. The highest BCUT2D eigenvalue weighted by atomic mass is 16.5. The molecule has 1 atom stereocenters. The van der Waals surface area contributed by atoms with Crippen LogP contribution in [0.4, 0.5) is 5.69 Å². The van der Waals surface area contributed by atoms with E-state index >= 15 is 0 Å². The summed E-state index contributed by atoms with van der Waals surface area (Å²) in [6, 6.07) is 8.79. The Morgan fingerprint density at radius 3 is 3.06 bits per heavy atom. The lowest BCUT2D eigenvalue weighted by Crippen LogP contribution is -2.37. The van der Waals surface area contributed by atoms with Crippen molar-refractivity contribution >= 4 is 5.69 Å². The highest BCUT2D eigenvalue weighted by molar-refractivity contribution is 5.57. The van der Waals surface area contributed by atoms with Crippen molar-refractivity contribution in [1.82, 2.24) is 0 Å². The summed E-state index contributed by atoms with van der Waals surface area (Å²) in [5, 5.41) is 0. The van der Waals surface area contributed by atoms with Gasteiger partial charge in [0.2, 0.25) is 0 Å². The Morgan fingerprint density at radius 1 is 1.44 bits per heavy atom. The number of hydrogen-bond acceptors (Lipinski definition) is 3. The molecule has 1 aromatic carbocycles. The summed E-state index contributed by atoms with van der Waals surface area (Å²) in [4.78, 5) is 2.38. The van der Waals surface area contributed by atoms with E-state index < -0.39 is 0 Å². The van der Waals surface area contributed by atoms with Crippen LogP contribution in [0.5, 0.6) is 0 Å². The lowest BCUT2D eigenvalue weighted by molar-refractivity contribution is 0.188. The molecule has 0 amide bonds. The number of hydrogen-bond donors (Lipinski definition) is 1. The van der Waals surface area contributed by atoms with Crippen molar-refractivity contribution < 1.29 is 4.74 Å². The molecule has 1 unspecified atom stereocenters. The third-order valence-electron chi connectivity index (χ3n) is 3.13. The van der Waals surface area contributed by atoms with Gasteiger partial charge in [0.1, 0.15) is 0 Å². The average Bonchev–Trinajstić information content (AvgIpc) is 2.70. The third-order valence-corrected chi connectivity index (χ3v) is 3.13. The van der Waals surface area contributed by atoms with E-state index in [0.29, 0.717) is 0 Å². The lowest BCUT2D eigenvalue weighted by atomic mass is 10.1. The molecule has 88 valence electrons. The Labute approximate surface area is 97.2 Å². The molecule has 2 N–H and O–H groups in total. The Morgan fingerprint density at radius 2 is 2.25 bits per heavy atom. The second-order valence-electron chi connectivity index (χ2n) is 4.37. The zero-order valence-corrected chi connectivity index (χ0v) is 9.86. The van der Waals surface area contributed by atoms with E-state index in [1.807, 2.05) is 0 Å². The number of ether oxygens (including phenoxy) is 1. The highest BCUT2D eigenvalue weighted by Gasteiger charge is 2.19. The fourth-order valence-electron chi connectivity index (χ4n) is 2.24. The minimum atomic E-state index is 0.200. The second kappa shape index (κ2) is 5.32. The molecule has 0 spiro atoms. The number of anilines is 1. The van der Waals surface area contributed by atoms with E-state index in [2.05, 4.69) is 29.2 Å². The SMILES string of the molecule is COCCC(N)CN1CCc2ccccc21. The molecule has 1 heterocycles. The van der Waals surface area contributed by atoms with Gasteiger partial charge in [-0.25, -0.2) is 0 Å². The van der Waals surface area contributed by atoms with Gasteiger partial charge in [0, 0.05) is 38.5 Å². The average molecular weight is 220 g/mol. The van der Waals surface area contributed by atoms with Crippen LogP contribution in [0, 0.1) is 0 Å². The van der Waals surface area contributed by atoms with Gasteiger partial charge in [-0.3, -0.25) is 0 Å². The van der Waals surface area contributed by atoms with Gasteiger partial charge in [-0.2, -0.15) is 0 Å². The van der Waals surface area contributed by atoms with Crippen molar-refractivity contribution in [2.45, 2.75) is 18.9 Å². The first-order valence-electron chi connectivity index (χ1n) is 5.88. The molecular weight excluding hydrogens is 200 g/mol. The van der Waals surface area contributed by atoms with Crippen LogP contribution in [0.3, 0.4) is 0 Å². The first-order chi connectivity index (χ1) is 7.81. The molecule has 2 rings (SSSR count). The van der Waals surface area contributed by atoms with Crippen LogP contribution >= 0.6 is 0 Å². The molecule has 3 heteroatoms. The summed E-state index contributed by atoms with van der Waals surface area (Å²) in [6.07, 6.45) is 2.07. The molecule has 3 nitrogen and oxygen atoms in total. The number of benzene rings is 1. The van der Waals surface area contributed by atoms with Crippen LogP contribution in [-0.4, -0.2) is 32.8 Å². The van der Waals surface area contributed by atoms with Crippen molar-refractivity contribution in [3.63, 3.8) is 0 Å². The third kappa shape index (κ3) is 2.54. The fraction of sp³-hybridized carbons (Fsp3) is 0.538. The summed E-state index contributed by atoms with van der Waals surface area (Å²) < 4.78 is 5.05. The van der Waals surface area contributed by atoms with E-state index in [0.717, 1.165) is 32.5 Å². The number of fused-ring (bicyclic) bond motifs is 1. The molecule has 0 bridgehead atoms. The van der Waals surface area contributed by atoms with Crippen LogP contribution in [0.15, 0.2) is 24.3 Å². The molecular formula is C13H20N2O. The summed E-state index contributed by atoms with van der Waals surface area (Å²) in [6.45, 7) is 2.77. The number of nitrogens with two attached hydrogens (primary N) is 1. The van der Waals surface area contributed by atoms with Crippen LogP contribution in [0.25, 0.3) is 0 Å². The largest absolute Gasteiger partial charge is 0.385 e. The van der Waals surface area contributed by atoms with Gasteiger partial charge >= 0.3 is 0 Å². The first kappa shape index (κ1) is 11.4. The van der Waals surface area contributed by atoms with Gasteiger partial charge in [0.15, 0.2) is 0 Å². The van der Waals surface area contributed by atoms with Crippen molar-refractivity contribution in [2.75, 3.05) is 31.7 Å². The number of para-hydroxylation sites is 1. The maximum Gasteiger partial charge on any atom is 0.0477 e. The van der Waals surface area contributed by atoms with Crippen LogP contribution < -0.4 is 10.6 Å². The maximum atomic E-state index is 6.08. The Kier molecular flexibility index (Phi) is 3.80. The topological polar surface area (TPSA) is 38.5 Å². The quantitative estimate of drug-likeness (QED) is 0.815. The van der Waals surface area contributed by atoms with E-state index in [9.17, 15) is 0 Å². The number of rotatable bonds is 5. The van der Waals surface area contributed by atoms with Crippen LogP contribution in [0.2, 0.25) is 0 Å². The lowest BCUT2D eigenvalue weighted by Gasteiger charge is -2.23. The standard InChI is InChI=1S/C13H20N2O/c1-16-9-7-12(14)10-15-8-6-11-4-2-3-5-13(11)15/h2-5,12H,6-10,14H2,1H3. The first-order valence-corrected chi connectivity index (χ1v) is 5.88. The molecule has 0 radical (unpaired) electrons. The molecule has 0 aromatic heterocycles. The summed E-state index contributed by atoms with van der Waals surface area (Å²) in [5.74, 6) is 0. The normalized spacial score (nSPS) is 16.2. The second-order valence-corrected chi connectivity index (χ2v) is 4.37. The highest BCUT2D eigenvalue weighted by Crippen LogP contribution is 2.27. The molecule has 16 heavy (non-hydrogen) atoms. The molecule has 1 aliphatic rings. The molecule has 1 aliphatic heterocycles. The molecule has 0 fully saturated rings. The molecule has 0 saturated heterocycles. The van der Waals surface area contributed by atoms with E-state index in [4.69, 9.17) is 10.5 Å². The van der Waals surface area contributed by atoms with Crippen molar-refractivity contribution in [1.29, 1.82) is 0 Å². The molecule has 0 aliphatic carbocycles. The van der Waals surface area contributed by atoms with Crippen molar-refractivity contribution in [3.05, 3.63) is 29.8 Å². The van der Waals surface area contributed by atoms with Gasteiger partial charge < -0.3 is 15.4 Å². The number of methoxy groups -OCH3 is 1. The molecule has 1 aromatic rings. The predicted molar refractivity (Wildman–Crippen MR) is 66.8 cm³/mol. The van der Waals surface area contributed by atoms with Gasteiger partial charge in [-0.1, -0.05) is 18.2 Å². The van der Waals surface area contributed by atoms with Crippen LogP contribution in [-0.2, 0) is 11.2 Å². The Bertz CT molecular complexity index is 340. The minimum Gasteiger partial charge on any atom is -0.385 e. The van der Waals surface area contributed by atoms with Gasteiger partial charge in [0.25, 0.3) is 0 Å². The Balaban J connectivity index is 1.92. The smallest absolute Gasteiger partial charge is 0.0477 e. The van der Waals surface area contributed by atoms with E-state index in [1.54, 1.807) is 7.11 Å². The monoisotopic (exact) mass is 220 g/mol. The number of nitrogens with zero attached hydrogens (tertiary/aromatic N) is 1. The van der Waals surface area contributed by atoms with E-state index in [1.165, 1.54) is 11.3 Å². The minimum absolute atomic E-state index is 0.200. The summed E-state index contributed by atoms with van der Waals surface area (Å²) in [5.41, 5.74) is 8.88. The van der Waals surface area contributed by atoms with Gasteiger partial charge in [-0.15, -0.1) is 0 Å². The zero-order chi connectivity index (χ0) is 11.4. The van der Waals surface area contributed by atoms with Crippen molar-refractivity contribution in [3.8, 4) is 0 Å². The summed E-state index contributed by atoms with van der Waals surface area (Å²) >= 11 is 0. The Hall–Kier alpha value is -1.06. The van der Waals surface area contributed by atoms with E-state index in [-0.39, 0.29) is 6.04 Å².